The van der Waals surface area contributed by atoms with Crippen LogP contribution in [0.3, 0.4) is 0 Å². The lowest BCUT2D eigenvalue weighted by atomic mass is 9.95. The van der Waals surface area contributed by atoms with Crippen molar-refractivity contribution in [2.45, 2.75) is 19.4 Å². The average Bonchev–Trinajstić information content (AvgIpc) is 2.38. The van der Waals surface area contributed by atoms with E-state index in [4.69, 9.17) is 10.5 Å². The van der Waals surface area contributed by atoms with Crippen LogP contribution in [-0.4, -0.2) is 20.7 Å². The molecule has 0 fully saturated rings. The second kappa shape index (κ2) is 6.66. The smallest absolute Gasteiger partial charge is 0.165 e. The van der Waals surface area contributed by atoms with Crippen molar-refractivity contribution in [3.8, 4) is 5.75 Å². The number of ether oxygens (including phenoxy) is 1. The fourth-order valence-corrected chi connectivity index (χ4v) is 1.87. The Balaban J connectivity index is 3.02. The Morgan fingerprint density at radius 3 is 2.50 bits per heavy atom. The van der Waals surface area contributed by atoms with Crippen molar-refractivity contribution >= 4 is 0 Å². The first-order valence-electron chi connectivity index (χ1n) is 5.93. The van der Waals surface area contributed by atoms with Crippen molar-refractivity contribution in [3.63, 3.8) is 0 Å². The molecule has 1 aromatic rings. The van der Waals surface area contributed by atoms with Crippen molar-refractivity contribution in [3.05, 3.63) is 29.3 Å². The topological polar surface area (TPSA) is 47.3 Å². The lowest BCUT2D eigenvalue weighted by molar-refractivity contribution is 0.376. The number of nitrogens with one attached hydrogen (secondary N) is 1. The minimum absolute atomic E-state index is 0.0852. The largest absolute Gasteiger partial charge is 0.494 e. The summed E-state index contributed by atoms with van der Waals surface area (Å²) in [7, 11) is 3.03. The molecule has 1 aromatic carbocycles. The van der Waals surface area contributed by atoms with E-state index >= 15 is 0 Å². The highest BCUT2D eigenvalue weighted by Crippen LogP contribution is 2.28. The minimum Gasteiger partial charge on any atom is -0.494 e. The molecule has 0 spiro atoms. The number of methoxy groups -OCH3 is 1. The first kappa shape index (κ1) is 14.9. The summed E-state index contributed by atoms with van der Waals surface area (Å²) < 4.78 is 32.2. The standard InChI is InChI=1S/C13H20F2N2O/c1-8(7-16)4-12(17-2)9-5-11(15)13(18-3)6-10(9)14/h5-6,8,12,17H,4,7,16H2,1-3H3. The van der Waals surface area contributed by atoms with Crippen molar-refractivity contribution in [1.29, 1.82) is 0 Å². The van der Waals surface area contributed by atoms with Gasteiger partial charge in [0.1, 0.15) is 5.82 Å². The molecule has 0 aromatic heterocycles. The predicted octanol–water partition coefficient (Wildman–Crippen LogP) is 2.22. The van der Waals surface area contributed by atoms with Gasteiger partial charge in [-0.25, -0.2) is 8.78 Å². The molecule has 0 amide bonds. The molecular formula is C13H20F2N2O. The molecule has 3 N–H and O–H groups in total. The van der Waals surface area contributed by atoms with Crippen LogP contribution in [0.15, 0.2) is 12.1 Å². The predicted molar refractivity (Wildman–Crippen MR) is 67.5 cm³/mol. The van der Waals surface area contributed by atoms with Crippen molar-refractivity contribution in [1.82, 2.24) is 5.32 Å². The van der Waals surface area contributed by atoms with E-state index in [9.17, 15) is 8.78 Å². The van der Waals surface area contributed by atoms with Crippen LogP contribution in [0.4, 0.5) is 8.78 Å². The first-order valence-corrected chi connectivity index (χ1v) is 5.93. The number of halogens is 2. The number of hydrogen-bond acceptors (Lipinski definition) is 3. The van der Waals surface area contributed by atoms with Crippen LogP contribution in [-0.2, 0) is 0 Å². The molecule has 0 heterocycles. The maximum atomic E-state index is 13.9. The molecule has 0 aliphatic rings. The highest BCUT2D eigenvalue weighted by Gasteiger charge is 2.19. The first-order chi connectivity index (χ1) is 8.53. The van der Waals surface area contributed by atoms with E-state index in [1.807, 2.05) is 6.92 Å². The van der Waals surface area contributed by atoms with Gasteiger partial charge in [0.05, 0.1) is 7.11 Å². The van der Waals surface area contributed by atoms with E-state index in [0.717, 1.165) is 6.07 Å². The average molecular weight is 258 g/mol. The highest BCUT2D eigenvalue weighted by atomic mass is 19.1. The molecule has 102 valence electrons. The fraction of sp³-hybridized carbons (Fsp3) is 0.538. The Bertz CT molecular complexity index is 399. The maximum absolute atomic E-state index is 13.9. The van der Waals surface area contributed by atoms with Gasteiger partial charge < -0.3 is 15.8 Å². The van der Waals surface area contributed by atoms with Gasteiger partial charge in [0.2, 0.25) is 0 Å². The van der Waals surface area contributed by atoms with Crippen LogP contribution >= 0.6 is 0 Å². The van der Waals surface area contributed by atoms with Gasteiger partial charge in [-0.05, 0) is 32.0 Å². The summed E-state index contributed by atoms with van der Waals surface area (Å²) in [4.78, 5) is 0. The molecule has 2 atom stereocenters. The molecule has 0 aliphatic carbocycles. The van der Waals surface area contributed by atoms with Gasteiger partial charge >= 0.3 is 0 Å². The molecule has 0 aliphatic heterocycles. The zero-order valence-electron chi connectivity index (χ0n) is 11.0. The van der Waals surface area contributed by atoms with Crippen LogP contribution < -0.4 is 15.8 Å². The fourth-order valence-electron chi connectivity index (χ4n) is 1.87. The lowest BCUT2D eigenvalue weighted by Crippen LogP contribution is -2.23. The Kier molecular flexibility index (Phi) is 5.50. The summed E-state index contributed by atoms with van der Waals surface area (Å²) in [6.07, 6.45) is 0.649. The number of benzene rings is 1. The molecule has 2 unspecified atom stereocenters. The van der Waals surface area contributed by atoms with E-state index in [0.29, 0.717) is 18.5 Å². The third-order valence-electron chi connectivity index (χ3n) is 3.04. The van der Waals surface area contributed by atoms with Gasteiger partial charge in [-0.2, -0.15) is 0 Å². The molecule has 0 saturated heterocycles. The third-order valence-corrected chi connectivity index (χ3v) is 3.04. The van der Waals surface area contributed by atoms with Crippen molar-refractivity contribution in [2.24, 2.45) is 11.7 Å². The summed E-state index contributed by atoms with van der Waals surface area (Å²) in [5.41, 5.74) is 5.85. The zero-order chi connectivity index (χ0) is 13.7. The molecule has 0 radical (unpaired) electrons. The number of nitrogens with two attached hydrogens (primary N) is 1. The Morgan fingerprint density at radius 1 is 1.33 bits per heavy atom. The van der Waals surface area contributed by atoms with Gasteiger partial charge in [0.15, 0.2) is 11.6 Å². The van der Waals surface area contributed by atoms with E-state index in [1.165, 1.54) is 13.2 Å². The monoisotopic (exact) mass is 258 g/mol. The van der Waals surface area contributed by atoms with Crippen LogP contribution in [0.1, 0.15) is 24.9 Å². The summed E-state index contributed by atoms with van der Waals surface area (Å²) in [5.74, 6) is -0.892. The molecule has 18 heavy (non-hydrogen) atoms. The molecule has 5 heteroatoms. The number of rotatable bonds is 6. The van der Waals surface area contributed by atoms with Crippen LogP contribution in [0.5, 0.6) is 5.75 Å². The van der Waals surface area contributed by atoms with E-state index in [2.05, 4.69) is 5.32 Å². The SMILES string of the molecule is CNC(CC(C)CN)c1cc(F)c(OC)cc1F. The summed E-state index contributed by atoms with van der Waals surface area (Å²) in [6.45, 7) is 2.49. The van der Waals surface area contributed by atoms with Crippen LogP contribution in [0, 0.1) is 17.6 Å². The van der Waals surface area contributed by atoms with E-state index in [-0.39, 0.29) is 17.7 Å². The summed E-state index contributed by atoms with van der Waals surface area (Å²) >= 11 is 0. The van der Waals surface area contributed by atoms with Crippen molar-refractivity contribution < 1.29 is 13.5 Å². The van der Waals surface area contributed by atoms with Crippen LogP contribution in [0.2, 0.25) is 0 Å². The molecule has 3 nitrogen and oxygen atoms in total. The van der Waals surface area contributed by atoms with Gasteiger partial charge in [0, 0.05) is 17.7 Å². The van der Waals surface area contributed by atoms with E-state index in [1.54, 1.807) is 7.05 Å². The second-order valence-corrected chi connectivity index (χ2v) is 4.43. The van der Waals surface area contributed by atoms with Crippen LogP contribution in [0.25, 0.3) is 0 Å². The van der Waals surface area contributed by atoms with Crippen molar-refractivity contribution in [2.75, 3.05) is 20.7 Å². The molecule has 1 rings (SSSR count). The molecule has 0 bridgehead atoms. The van der Waals surface area contributed by atoms with Gasteiger partial charge in [0.25, 0.3) is 0 Å². The third kappa shape index (κ3) is 3.40. The lowest BCUT2D eigenvalue weighted by Gasteiger charge is -2.21. The minimum atomic E-state index is -0.561. The molecule has 0 saturated carbocycles. The highest BCUT2D eigenvalue weighted by molar-refractivity contribution is 5.32. The van der Waals surface area contributed by atoms with Gasteiger partial charge in [-0.1, -0.05) is 6.92 Å². The normalized spacial score (nSPS) is 14.3. The van der Waals surface area contributed by atoms with Gasteiger partial charge in [-0.15, -0.1) is 0 Å². The van der Waals surface area contributed by atoms with Gasteiger partial charge in [-0.3, -0.25) is 0 Å². The quantitative estimate of drug-likeness (QED) is 0.822. The number of hydrogen-bond donors (Lipinski definition) is 2. The Labute approximate surface area is 106 Å². The summed E-state index contributed by atoms with van der Waals surface area (Å²) in [5, 5.41) is 2.99. The molecular weight excluding hydrogens is 238 g/mol. The zero-order valence-corrected chi connectivity index (χ0v) is 11.0. The Hall–Kier alpha value is -1.20. The van der Waals surface area contributed by atoms with E-state index < -0.39 is 11.6 Å². The Morgan fingerprint density at radius 2 is 2.00 bits per heavy atom. The maximum Gasteiger partial charge on any atom is 0.165 e. The summed E-state index contributed by atoms with van der Waals surface area (Å²) in [6, 6.07) is 1.99. The second-order valence-electron chi connectivity index (χ2n) is 4.43.